The predicted molar refractivity (Wildman–Crippen MR) is 70.7 cm³/mol. The molecule has 118 valence electrons. The largest absolute Gasteiger partial charge is 0.573 e. The van der Waals surface area contributed by atoms with Gasteiger partial charge in [0.25, 0.3) is 0 Å². The lowest BCUT2D eigenvalue weighted by atomic mass is 10.2. The predicted octanol–water partition coefficient (Wildman–Crippen LogP) is 2.97. The fourth-order valence-corrected chi connectivity index (χ4v) is 1.76. The minimum Gasteiger partial charge on any atom is -0.469 e. The maximum absolute atomic E-state index is 12.0. The summed E-state index contributed by atoms with van der Waals surface area (Å²) in [4.78, 5) is 13.1. The molecule has 0 aliphatic carbocycles. The van der Waals surface area contributed by atoms with Crippen LogP contribution in [0.4, 0.5) is 13.2 Å². The van der Waals surface area contributed by atoms with Gasteiger partial charge >= 0.3 is 12.3 Å². The molecular formula is C14H18F3NO3. The molecule has 0 fully saturated rings. The Morgan fingerprint density at radius 2 is 1.86 bits per heavy atom. The number of hydrogen-bond donors (Lipinski definition) is 0. The number of halogens is 3. The fraction of sp³-hybridized carbons (Fsp3) is 0.500. The van der Waals surface area contributed by atoms with Crippen LogP contribution in [0.5, 0.6) is 5.75 Å². The Labute approximate surface area is 121 Å². The zero-order valence-corrected chi connectivity index (χ0v) is 11.9. The second kappa shape index (κ2) is 7.87. The summed E-state index contributed by atoms with van der Waals surface area (Å²) >= 11 is 0. The molecule has 0 spiro atoms. The number of rotatable bonds is 7. The van der Waals surface area contributed by atoms with Gasteiger partial charge in [0.2, 0.25) is 0 Å². The zero-order valence-electron chi connectivity index (χ0n) is 11.9. The molecule has 21 heavy (non-hydrogen) atoms. The van der Waals surface area contributed by atoms with Crippen molar-refractivity contribution in [2.45, 2.75) is 26.3 Å². The summed E-state index contributed by atoms with van der Waals surface area (Å²) in [6, 6.07) is 5.69. The van der Waals surface area contributed by atoms with Gasteiger partial charge in [-0.3, -0.25) is 9.69 Å². The van der Waals surface area contributed by atoms with Gasteiger partial charge in [0, 0.05) is 13.1 Å². The Morgan fingerprint density at radius 1 is 1.24 bits per heavy atom. The molecule has 0 atom stereocenters. The number of methoxy groups -OCH3 is 1. The number of hydrogen-bond acceptors (Lipinski definition) is 4. The van der Waals surface area contributed by atoms with E-state index in [1.807, 2.05) is 11.8 Å². The highest BCUT2D eigenvalue weighted by Crippen LogP contribution is 2.23. The van der Waals surface area contributed by atoms with E-state index in [0.29, 0.717) is 13.1 Å². The molecule has 0 saturated carbocycles. The molecule has 0 N–H and O–H groups in total. The maximum atomic E-state index is 12.0. The maximum Gasteiger partial charge on any atom is 0.573 e. The molecule has 0 saturated heterocycles. The molecular weight excluding hydrogens is 287 g/mol. The molecule has 0 aliphatic heterocycles. The van der Waals surface area contributed by atoms with Gasteiger partial charge in [-0.25, -0.2) is 0 Å². The molecule has 1 aromatic rings. The van der Waals surface area contributed by atoms with Crippen molar-refractivity contribution in [3.8, 4) is 5.75 Å². The topological polar surface area (TPSA) is 38.8 Å². The first kappa shape index (κ1) is 17.3. The number of esters is 1. The Balaban J connectivity index is 2.54. The molecule has 1 rings (SSSR count). The van der Waals surface area contributed by atoms with E-state index < -0.39 is 6.36 Å². The van der Waals surface area contributed by atoms with Crippen molar-refractivity contribution < 1.29 is 27.4 Å². The van der Waals surface area contributed by atoms with Crippen molar-refractivity contribution in [3.63, 3.8) is 0 Å². The van der Waals surface area contributed by atoms with E-state index in [4.69, 9.17) is 0 Å². The molecule has 0 radical (unpaired) electrons. The molecule has 0 aliphatic rings. The van der Waals surface area contributed by atoms with Crippen LogP contribution in [-0.2, 0) is 16.1 Å². The van der Waals surface area contributed by atoms with E-state index in [1.54, 1.807) is 12.1 Å². The standard InChI is InChI=1S/C14H18F3NO3/c1-3-18(9-8-13(19)20-2)10-11-4-6-12(7-5-11)21-14(15,16)17/h4-7H,3,8-10H2,1-2H3. The van der Waals surface area contributed by atoms with Crippen LogP contribution in [0.3, 0.4) is 0 Å². The van der Waals surface area contributed by atoms with Crippen LogP contribution in [0.1, 0.15) is 18.9 Å². The Bertz CT molecular complexity index is 446. The Kier molecular flexibility index (Phi) is 6.48. The van der Waals surface area contributed by atoms with Crippen molar-refractivity contribution in [2.24, 2.45) is 0 Å². The number of nitrogens with zero attached hydrogens (tertiary/aromatic N) is 1. The van der Waals surface area contributed by atoms with Gasteiger partial charge in [0.15, 0.2) is 0 Å². The van der Waals surface area contributed by atoms with Crippen LogP contribution in [-0.4, -0.2) is 37.4 Å². The van der Waals surface area contributed by atoms with Gasteiger partial charge in [-0.05, 0) is 24.2 Å². The Hall–Kier alpha value is -1.76. The third kappa shape index (κ3) is 6.99. The minimum absolute atomic E-state index is 0.246. The van der Waals surface area contributed by atoms with Gasteiger partial charge in [0.05, 0.1) is 13.5 Å². The monoisotopic (exact) mass is 305 g/mol. The highest BCUT2D eigenvalue weighted by Gasteiger charge is 2.30. The lowest BCUT2D eigenvalue weighted by molar-refractivity contribution is -0.274. The zero-order chi connectivity index (χ0) is 15.9. The lowest BCUT2D eigenvalue weighted by Gasteiger charge is -2.20. The van der Waals surface area contributed by atoms with Crippen molar-refractivity contribution in [2.75, 3.05) is 20.2 Å². The van der Waals surface area contributed by atoms with Crippen LogP contribution < -0.4 is 4.74 Å². The van der Waals surface area contributed by atoms with E-state index in [9.17, 15) is 18.0 Å². The van der Waals surface area contributed by atoms with Crippen molar-refractivity contribution >= 4 is 5.97 Å². The normalized spacial score (nSPS) is 11.5. The summed E-state index contributed by atoms with van der Waals surface area (Å²) in [5, 5.41) is 0. The Morgan fingerprint density at radius 3 is 2.33 bits per heavy atom. The number of alkyl halides is 3. The van der Waals surface area contributed by atoms with Crippen LogP contribution in [0, 0.1) is 0 Å². The van der Waals surface area contributed by atoms with Gasteiger partial charge in [-0.1, -0.05) is 19.1 Å². The number of carbonyl (C=O) groups is 1. The first-order valence-electron chi connectivity index (χ1n) is 6.48. The van der Waals surface area contributed by atoms with Crippen molar-refractivity contribution in [1.29, 1.82) is 0 Å². The van der Waals surface area contributed by atoms with Crippen molar-refractivity contribution in [3.05, 3.63) is 29.8 Å². The molecule has 0 unspecified atom stereocenters. The van der Waals surface area contributed by atoms with E-state index in [2.05, 4.69) is 9.47 Å². The smallest absolute Gasteiger partial charge is 0.469 e. The lowest BCUT2D eigenvalue weighted by Crippen LogP contribution is -2.26. The summed E-state index contributed by atoms with van der Waals surface area (Å²) in [6.45, 7) is 3.74. The van der Waals surface area contributed by atoms with E-state index in [1.165, 1.54) is 19.2 Å². The summed E-state index contributed by atoms with van der Waals surface area (Å²) in [7, 11) is 1.33. The highest BCUT2D eigenvalue weighted by molar-refractivity contribution is 5.69. The van der Waals surface area contributed by atoms with Gasteiger partial charge < -0.3 is 9.47 Å². The average Bonchev–Trinajstić information content (AvgIpc) is 2.43. The fourth-order valence-electron chi connectivity index (χ4n) is 1.76. The van der Waals surface area contributed by atoms with Gasteiger partial charge in [-0.15, -0.1) is 13.2 Å². The minimum atomic E-state index is -4.68. The van der Waals surface area contributed by atoms with E-state index in [0.717, 1.165) is 12.1 Å². The van der Waals surface area contributed by atoms with E-state index >= 15 is 0 Å². The summed E-state index contributed by atoms with van der Waals surface area (Å²) in [6.07, 6.45) is -4.41. The molecule has 1 aromatic carbocycles. The molecule has 0 bridgehead atoms. The summed E-state index contributed by atoms with van der Waals surface area (Å²) in [5.74, 6) is -0.536. The SMILES string of the molecule is CCN(CCC(=O)OC)Cc1ccc(OC(F)(F)F)cc1. The van der Waals surface area contributed by atoms with Crippen LogP contribution in [0.15, 0.2) is 24.3 Å². The second-order valence-corrected chi connectivity index (χ2v) is 4.39. The summed E-state index contributed by atoms with van der Waals surface area (Å²) in [5.41, 5.74) is 0.844. The summed E-state index contributed by atoms with van der Waals surface area (Å²) < 4.78 is 44.5. The van der Waals surface area contributed by atoms with Gasteiger partial charge in [-0.2, -0.15) is 0 Å². The molecule has 0 aromatic heterocycles. The quantitative estimate of drug-likeness (QED) is 0.726. The average molecular weight is 305 g/mol. The first-order valence-corrected chi connectivity index (χ1v) is 6.48. The molecule has 0 heterocycles. The number of ether oxygens (including phenoxy) is 2. The second-order valence-electron chi connectivity index (χ2n) is 4.39. The van der Waals surface area contributed by atoms with E-state index in [-0.39, 0.29) is 18.1 Å². The van der Waals surface area contributed by atoms with Crippen LogP contribution >= 0.6 is 0 Å². The molecule has 4 nitrogen and oxygen atoms in total. The van der Waals surface area contributed by atoms with Crippen molar-refractivity contribution in [1.82, 2.24) is 4.90 Å². The third-order valence-electron chi connectivity index (χ3n) is 2.87. The van der Waals surface area contributed by atoms with Gasteiger partial charge in [0.1, 0.15) is 5.75 Å². The third-order valence-corrected chi connectivity index (χ3v) is 2.87. The highest BCUT2D eigenvalue weighted by atomic mass is 19.4. The van der Waals surface area contributed by atoms with Crippen LogP contribution in [0.2, 0.25) is 0 Å². The van der Waals surface area contributed by atoms with Crippen LogP contribution in [0.25, 0.3) is 0 Å². The first-order chi connectivity index (χ1) is 9.84. The number of benzene rings is 1. The number of carbonyl (C=O) groups excluding carboxylic acids is 1. The molecule has 0 amide bonds. The molecule has 7 heteroatoms.